The molecule has 0 bridgehead atoms. The normalized spacial score (nSPS) is 14.1. The molecular formula is C26H24F3N3O5S. The largest absolute Gasteiger partial charge is 0.416 e. The zero-order valence-corrected chi connectivity index (χ0v) is 20.9. The first-order valence-corrected chi connectivity index (χ1v) is 13.3. The van der Waals surface area contributed by atoms with Crippen LogP contribution in [0.15, 0.2) is 81.4 Å². The number of likely N-dealkylation sites (tertiary alicyclic amines) is 1. The maximum absolute atomic E-state index is 13.3. The molecule has 0 saturated carbocycles. The third kappa shape index (κ3) is 5.80. The summed E-state index contributed by atoms with van der Waals surface area (Å²) in [6.07, 6.45) is -2.14. The lowest BCUT2D eigenvalue weighted by Gasteiger charge is -2.16. The molecule has 0 spiro atoms. The van der Waals surface area contributed by atoms with Crippen LogP contribution in [-0.2, 0) is 20.8 Å². The fourth-order valence-corrected chi connectivity index (χ4v) is 5.44. The summed E-state index contributed by atoms with van der Waals surface area (Å²) in [4.78, 5) is 39.1. The SMILES string of the molecule is O=C(NCCCN1CCCC1=O)c1cc(S(=O)(=O)c2ccccc2)cn(-c2cccc(C(F)(F)F)c2)c1=O. The number of carbonyl (C=O) groups excluding carboxylic acids is 2. The summed E-state index contributed by atoms with van der Waals surface area (Å²) in [5.41, 5.74) is -2.82. The highest BCUT2D eigenvalue weighted by Crippen LogP contribution is 2.30. The lowest BCUT2D eigenvalue weighted by molar-refractivity contribution is -0.137. The van der Waals surface area contributed by atoms with Gasteiger partial charge in [0.1, 0.15) is 5.56 Å². The Labute approximate surface area is 216 Å². The van der Waals surface area contributed by atoms with E-state index in [4.69, 9.17) is 0 Å². The van der Waals surface area contributed by atoms with Crippen LogP contribution in [0.4, 0.5) is 13.2 Å². The Balaban J connectivity index is 1.71. The van der Waals surface area contributed by atoms with E-state index in [1.54, 1.807) is 11.0 Å². The van der Waals surface area contributed by atoms with E-state index in [2.05, 4.69) is 5.32 Å². The summed E-state index contributed by atoms with van der Waals surface area (Å²) in [6.45, 7) is 1.14. The third-order valence-electron chi connectivity index (χ3n) is 6.11. The number of sulfone groups is 1. The van der Waals surface area contributed by atoms with Crippen molar-refractivity contribution in [2.75, 3.05) is 19.6 Å². The minimum absolute atomic E-state index is 0.0270. The van der Waals surface area contributed by atoms with Crippen molar-refractivity contribution < 1.29 is 31.2 Å². The Morgan fingerprint density at radius 3 is 2.37 bits per heavy atom. The maximum Gasteiger partial charge on any atom is 0.416 e. The molecule has 8 nitrogen and oxygen atoms in total. The van der Waals surface area contributed by atoms with Gasteiger partial charge in [0.15, 0.2) is 0 Å². The van der Waals surface area contributed by atoms with Crippen molar-refractivity contribution in [2.24, 2.45) is 0 Å². The molecule has 4 rings (SSSR count). The zero-order valence-electron chi connectivity index (χ0n) is 20.1. The van der Waals surface area contributed by atoms with Crippen molar-refractivity contribution in [3.63, 3.8) is 0 Å². The van der Waals surface area contributed by atoms with E-state index >= 15 is 0 Å². The molecule has 3 aromatic rings. The van der Waals surface area contributed by atoms with Crippen molar-refractivity contribution in [1.29, 1.82) is 0 Å². The topological polar surface area (TPSA) is 106 Å². The number of aromatic nitrogens is 1. The van der Waals surface area contributed by atoms with Crippen LogP contribution < -0.4 is 10.9 Å². The van der Waals surface area contributed by atoms with Crippen LogP contribution in [0, 0.1) is 0 Å². The zero-order chi connectivity index (χ0) is 27.5. The molecule has 2 heterocycles. The smallest absolute Gasteiger partial charge is 0.352 e. The second kappa shape index (κ2) is 10.8. The number of alkyl halides is 3. The first kappa shape index (κ1) is 27.1. The number of amides is 2. The Hall–Kier alpha value is -3.93. The van der Waals surface area contributed by atoms with Gasteiger partial charge in [-0.1, -0.05) is 24.3 Å². The summed E-state index contributed by atoms with van der Waals surface area (Å²) >= 11 is 0. The first-order chi connectivity index (χ1) is 18.0. The van der Waals surface area contributed by atoms with Gasteiger partial charge in [0.2, 0.25) is 15.7 Å². The van der Waals surface area contributed by atoms with E-state index in [9.17, 15) is 36.0 Å². The molecule has 12 heteroatoms. The Morgan fingerprint density at radius 1 is 0.974 bits per heavy atom. The van der Waals surface area contributed by atoms with Gasteiger partial charge in [-0.05, 0) is 49.2 Å². The highest BCUT2D eigenvalue weighted by Gasteiger charge is 2.31. The molecule has 200 valence electrons. The predicted octanol–water partition coefficient (Wildman–Crippen LogP) is 3.43. The monoisotopic (exact) mass is 547 g/mol. The lowest BCUT2D eigenvalue weighted by Crippen LogP contribution is -2.35. The second-order valence-electron chi connectivity index (χ2n) is 8.72. The van der Waals surface area contributed by atoms with Crippen molar-refractivity contribution in [2.45, 2.75) is 35.2 Å². The van der Waals surface area contributed by atoms with Crippen LogP contribution in [0.25, 0.3) is 5.69 Å². The number of halogens is 3. The molecule has 1 fully saturated rings. The Morgan fingerprint density at radius 2 is 1.71 bits per heavy atom. The van der Waals surface area contributed by atoms with E-state index in [0.717, 1.165) is 35.4 Å². The molecule has 0 aliphatic carbocycles. The van der Waals surface area contributed by atoms with Crippen LogP contribution in [0.5, 0.6) is 0 Å². The van der Waals surface area contributed by atoms with Crippen LogP contribution >= 0.6 is 0 Å². The van der Waals surface area contributed by atoms with E-state index in [-0.39, 0.29) is 23.0 Å². The molecule has 0 unspecified atom stereocenters. The van der Waals surface area contributed by atoms with E-state index in [1.807, 2.05) is 0 Å². The van der Waals surface area contributed by atoms with Gasteiger partial charge in [-0.25, -0.2) is 8.42 Å². The van der Waals surface area contributed by atoms with Crippen molar-refractivity contribution in [3.8, 4) is 5.69 Å². The maximum atomic E-state index is 13.3. The molecule has 1 aliphatic rings. The summed E-state index contributed by atoms with van der Waals surface area (Å²) in [6, 6.07) is 12.0. The second-order valence-corrected chi connectivity index (χ2v) is 10.7. The van der Waals surface area contributed by atoms with E-state index < -0.39 is 43.5 Å². The standard InChI is InChI=1S/C26H24F3N3O5S/c27-26(28,29)18-7-4-8-19(15-18)32-17-21(38(36,37)20-9-2-1-3-10-20)16-22(25(32)35)24(34)30-12-6-14-31-13-5-11-23(31)33/h1-4,7-10,15-17H,5-6,11-14H2,(H,30,34). The van der Waals surface area contributed by atoms with Crippen LogP contribution in [-0.4, -0.2) is 49.3 Å². The molecule has 2 amide bonds. The molecule has 1 aliphatic heterocycles. The molecular weight excluding hydrogens is 523 g/mol. The average Bonchev–Trinajstić information content (AvgIpc) is 3.31. The van der Waals surface area contributed by atoms with Crippen LogP contribution in [0.1, 0.15) is 35.2 Å². The number of carbonyl (C=O) groups is 2. The highest BCUT2D eigenvalue weighted by molar-refractivity contribution is 7.91. The van der Waals surface area contributed by atoms with Crippen LogP contribution in [0.3, 0.4) is 0 Å². The van der Waals surface area contributed by atoms with Crippen molar-refractivity contribution in [1.82, 2.24) is 14.8 Å². The number of rotatable bonds is 8. The Bertz CT molecular complexity index is 1520. The summed E-state index contributed by atoms with van der Waals surface area (Å²) < 4.78 is 67.3. The van der Waals surface area contributed by atoms with Crippen molar-refractivity contribution >= 4 is 21.7 Å². The van der Waals surface area contributed by atoms with E-state index in [1.165, 1.54) is 30.3 Å². The average molecular weight is 548 g/mol. The lowest BCUT2D eigenvalue weighted by atomic mass is 10.2. The first-order valence-electron chi connectivity index (χ1n) is 11.8. The number of nitrogens with zero attached hydrogens (tertiary/aromatic N) is 2. The van der Waals surface area contributed by atoms with Gasteiger partial charge in [0, 0.05) is 37.9 Å². The molecule has 0 atom stereocenters. The molecule has 38 heavy (non-hydrogen) atoms. The number of benzene rings is 2. The molecule has 1 saturated heterocycles. The number of pyridine rings is 1. The minimum Gasteiger partial charge on any atom is -0.352 e. The predicted molar refractivity (Wildman–Crippen MR) is 132 cm³/mol. The minimum atomic E-state index is -4.70. The molecule has 2 aromatic carbocycles. The third-order valence-corrected chi connectivity index (χ3v) is 7.85. The van der Waals surface area contributed by atoms with Crippen molar-refractivity contribution in [3.05, 3.63) is 88.3 Å². The molecule has 1 aromatic heterocycles. The summed E-state index contributed by atoms with van der Waals surface area (Å²) in [5, 5.41) is 2.55. The summed E-state index contributed by atoms with van der Waals surface area (Å²) in [5.74, 6) is -0.854. The quantitative estimate of drug-likeness (QED) is 0.435. The fraction of sp³-hybridized carbons (Fsp3) is 0.269. The number of hydrogen-bond acceptors (Lipinski definition) is 5. The van der Waals surface area contributed by atoms with Gasteiger partial charge < -0.3 is 10.2 Å². The van der Waals surface area contributed by atoms with Gasteiger partial charge in [0.25, 0.3) is 11.5 Å². The Kier molecular flexibility index (Phi) is 7.72. The number of nitrogens with one attached hydrogen (secondary N) is 1. The van der Waals surface area contributed by atoms with Crippen LogP contribution in [0.2, 0.25) is 0 Å². The van der Waals surface area contributed by atoms with Gasteiger partial charge in [-0.2, -0.15) is 13.2 Å². The van der Waals surface area contributed by atoms with Gasteiger partial charge in [0.05, 0.1) is 15.4 Å². The van der Waals surface area contributed by atoms with Gasteiger partial charge in [-0.15, -0.1) is 0 Å². The molecule has 0 radical (unpaired) electrons. The molecule has 1 N–H and O–H groups in total. The highest BCUT2D eigenvalue weighted by atomic mass is 32.2. The number of hydrogen-bond donors (Lipinski definition) is 1. The van der Waals surface area contributed by atoms with Gasteiger partial charge in [-0.3, -0.25) is 19.0 Å². The summed E-state index contributed by atoms with van der Waals surface area (Å²) in [7, 11) is -4.23. The van der Waals surface area contributed by atoms with E-state index in [0.29, 0.717) is 32.0 Å². The fourth-order valence-electron chi connectivity index (χ4n) is 4.13. The van der Waals surface area contributed by atoms with Gasteiger partial charge >= 0.3 is 6.18 Å².